The van der Waals surface area contributed by atoms with E-state index in [0.717, 1.165) is 29.5 Å². The molecule has 0 saturated heterocycles. The molecule has 3 aromatic carbocycles. The molecule has 0 heterocycles. The molecule has 0 unspecified atom stereocenters. The second-order valence-corrected chi connectivity index (χ2v) is 6.26. The van der Waals surface area contributed by atoms with E-state index in [2.05, 4.69) is 60.1 Å². The Morgan fingerprint density at radius 3 is 1.68 bits per heavy atom. The molecule has 0 amide bonds. The van der Waals surface area contributed by atoms with E-state index >= 15 is 0 Å². The van der Waals surface area contributed by atoms with E-state index in [-0.39, 0.29) is 0 Å². The maximum absolute atomic E-state index is 3.20. The molecule has 3 rings (SSSR count). The number of hydrogen-bond donors (Lipinski definition) is 0. The van der Waals surface area contributed by atoms with Crippen molar-refractivity contribution in [2.24, 2.45) is 0 Å². The van der Waals surface area contributed by atoms with Crippen molar-refractivity contribution in [1.82, 2.24) is 0 Å². The van der Waals surface area contributed by atoms with Gasteiger partial charge < -0.3 is 0 Å². The van der Waals surface area contributed by atoms with Gasteiger partial charge in [0.2, 0.25) is 0 Å². The summed E-state index contributed by atoms with van der Waals surface area (Å²) >= 11 is 0. The van der Waals surface area contributed by atoms with Gasteiger partial charge in [-0.25, -0.2) is 0 Å². The summed E-state index contributed by atoms with van der Waals surface area (Å²) in [6, 6.07) is 30.5. The SMILES string of the molecule is C(#Cc1ccccc1)C(C#Cc1ccccc1)=C/C=C/CCc1ccccc1. The minimum atomic E-state index is 0.809. The predicted octanol–water partition coefficient (Wildman–Crippen LogP) is 6.21. The summed E-state index contributed by atoms with van der Waals surface area (Å²) in [5.41, 5.74) is 4.14. The zero-order chi connectivity index (χ0) is 19.3. The molecule has 0 radical (unpaired) electrons. The Morgan fingerprint density at radius 1 is 0.643 bits per heavy atom. The summed E-state index contributed by atoms with van der Waals surface area (Å²) in [5, 5.41) is 0. The maximum Gasteiger partial charge on any atom is 0.0751 e. The van der Waals surface area contributed by atoms with Crippen LogP contribution in [0.4, 0.5) is 0 Å². The molecule has 0 bridgehead atoms. The molecule has 0 aliphatic carbocycles. The van der Waals surface area contributed by atoms with Crippen molar-refractivity contribution < 1.29 is 0 Å². The summed E-state index contributed by atoms with van der Waals surface area (Å²) in [6.07, 6.45) is 8.24. The van der Waals surface area contributed by atoms with E-state index in [1.807, 2.05) is 72.8 Å². The molecule has 0 fully saturated rings. The van der Waals surface area contributed by atoms with Crippen molar-refractivity contribution in [3.63, 3.8) is 0 Å². The van der Waals surface area contributed by atoms with Gasteiger partial charge in [-0.3, -0.25) is 0 Å². The minimum Gasteiger partial charge on any atom is -0.0841 e. The Bertz CT molecular complexity index is 973. The van der Waals surface area contributed by atoms with Crippen molar-refractivity contribution >= 4 is 0 Å². The van der Waals surface area contributed by atoms with Crippen molar-refractivity contribution in [3.05, 3.63) is 131 Å². The van der Waals surface area contributed by atoms with Crippen LogP contribution in [-0.2, 0) is 6.42 Å². The van der Waals surface area contributed by atoms with Crippen LogP contribution in [0.2, 0.25) is 0 Å². The Hall–Kier alpha value is -3.74. The van der Waals surface area contributed by atoms with Gasteiger partial charge in [-0.2, -0.15) is 0 Å². The van der Waals surface area contributed by atoms with E-state index in [1.54, 1.807) is 0 Å². The Kier molecular flexibility index (Phi) is 7.53. The summed E-state index contributed by atoms with van der Waals surface area (Å²) < 4.78 is 0. The summed E-state index contributed by atoms with van der Waals surface area (Å²) in [6.45, 7) is 0. The second kappa shape index (κ2) is 11.1. The molecule has 134 valence electrons. The van der Waals surface area contributed by atoms with Crippen molar-refractivity contribution in [2.45, 2.75) is 12.8 Å². The van der Waals surface area contributed by atoms with Gasteiger partial charge in [0.15, 0.2) is 0 Å². The molecule has 0 spiro atoms. The quantitative estimate of drug-likeness (QED) is 0.384. The first-order valence-corrected chi connectivity index (χ1v) is 9.45. The molecule has 28 heavy (non-hydrogen) atoms. The molecular formula is C28H22. The lowest BCUT2D eigenvalue weighted by Crippen LogP contribution is -1.81. The third kappa shape index (κ3) is 6.87. The van der Waals surface area contributed by atoms with Gasteiger partial charge >= 0.3 is 0 Å². The lowest BCUT2D eigenvalue weighted by atomic mass is 10.1. The third-order valence-corrected chi connectivity index (χ3v) is 4.07. The smallest absolute Gasteiger partial charge is 0.0751 e. The molecule has 0 aliphatic rings. The number of aryl methyl sites for hydroxylation is 1. The number of benzene rings is 3. The van der Waals surface area contributed by atoms with E-state index in [4.69, 9.17) is 0 Å². The van der Waals surface area contributed by atoms with E-state index in [0.29, 0.717) is 0 Å². The average molecular weight is 358 g/mol. The monoisotopic (exact) mass is 358 g/mol. The van der Waals surface area contributed by atoms with Crippen LogP contribution in [0.5, 0.6) is 0 Å². The number of hydrogen-bond acceptors (Lipinski definition) is 0. The molecule has 0 saturated carbocycles. The maximum atomic E-state index is 3.20. The van der Waals surface area contributed by atoms with Crippen LogP contribution in [-0.4, -0.2) is 0 Å². The predicted molar refractivity (Wildman–Crippen MR) is 119 cm³/mol. The first-order chi connectivity index (χ1) is 13.9. The van der Waals surface area contributed by atoms with Crippen LogP contribution < -0.4 is 0 Å². The molecule has 3 aromatic rings. The van der Waals surface area contributed by atoms with Crippen molar-refractivity contribution in [1.29, 1.82) is 0 Å². The Morgan fingerprint density at radius 2 is 1.14 bits per heavy atom. The van der Waals surface area contributed by atoms with Gasteiger partial charge in [-0.1, -0.05) is 103 Å². The normalized spacial score (nSPS) is 9.71. The van der Waals surface area contributed by atoms with Gasteiger partial charge in [0, 0.05) is 11.1 Å². The number of rotatable bonds is 4. The van der Waals surface area contributed by atoms with E-state index in [1.165, 1.54) is 5.56 Å². The lowest BCUT2D eigenvalue weighted by Gasteiger charge is -1.95. The fraction of sp³-hybridized carbons (Fsp3) is 0.0714. The second-order valence-electron chi connectivity index (χ2n) is 6.26. The highest BCUT2D eigenvalue weighted by atomic mass is 13.9. The highest BCUT2D eigenvalue weighted by Gasteiger charge is 1.89. The zero-order valence-electron chi connectivity index (χ0n) is 15.8. The molecular weight excluding hydrogens is 336 g/mol. The van der Waals surface area contributed by atoms with Crippen molar-refractivity contribution in [3.8, 4) is 23.7 Å². The zero-order valence-corrected chi connectivity index (χ0v) is 15.8. The first kappa shape index (κ1) is 19.0. The van der Waals surface area contributed by atoms with Gasteiger partial charge in [0.05, 0.1) is 5.57 Å². The largest absolute Gasteiger partial charge is 0.0841 e. The average Bonchev–Trinajstić information content (AvgIpc) is 2.77. The first-order valence-electron chi connectivity index (χ1n) is 9.45. The van der Waals surface area contributed by atoms with Crippen molar-refractivity contribution in [2.75, 3.05) is 0 Å². The molecule has 0 aromatic heterocycles. The van der Waals surface area contributed by atoms with Gasteiger partial charge in [0.25, 0.3) is 0 Å². The van der Waals surface area contributed by atoms with Crippen LogP contribution in [0, 0.1) is 23.7 Å². The van der Waals surface area contributed by atoms with Crippen LogP contribution in [0.25, 0.3) is 0 Å². The minimum absolute atomic E-state index is 0.809. The third-order valence-electron chi connectivity index (χ3n) is 4.07. The summed E-state index contributed by atoms with van der Waals surface area (Å²) in [4.78, 5) is 0. The fourth-order valence-electron chi connectivity index (χ4n) is 2.59. The van der Waals surface area contributed by atoms with Crippen LogP contribution in [0.1, 0.15) is 23.1 Å². The molecule has 0 heteroatoms. The molecule has 0 nitrogen and oxygen atoms in total. The molecule has 0 atom stereocenters. The highest BCUT2D eigenvalue weighted by molar-refractivity contribution is 5.52. The topological polar surface area (TPSA) is 0 Å². The standard InChI is InChI=1S/C28H22/c1-5-13-25(14-6-1)15-7-2-12-20-28(23-21-26-16-8-3-9-17-26)24-22-27-18-10-4-11-19-27/h1-6,8-14,16-20H,7,15H2/b12-2+. The Labute approximate surface area is 168 Å². The molecule has 0 N–H and O–H groups in total. The Balaban J connectivity index is 1.71. The van der Waals surface area contributed by atoms with Gasteiger partial charge in [-0.15, -0.1) is 0 Å². The van der Waals surface area contributed by atoms with Gasteiger partial charge in [-0.05, 0) is 48.7 Å². The lowest BCUT2D eigenvalue weighted by molar-refractivity contribution is 1.00. The van der Waals surface area contributed by atoms with Crippen LogP contribution in [0.3, 0.4) is 0 Å². The van der Waals surface area contributed by atoms with Crippen LogP contribution in [0.15, 0.2) is 115 Å². The van der Waals surface area contributed by atoms with E-state index in [9.17, 15) is 0 Å². The molecule has 0 aliphatic heterocycles. The highest BCUT2D eigenvalue weighted by Crippen LogP contribution is 2.04. The number of allylic oxidation sites excluding steroid dienone is 4. The van der Waals surface area contributed by atoms with Gasteiger partial charge in [0.1, 0.15) is 0 Å². The summed E-state index contributed by atoms with van der Waals surface area (Å²) in [5.74, 6) is 12.8. The fourth-order valence-corrected chi connectivity index (χ4v) is 2.59. The van der Waals surface area contributed by atoms with Crippen LogP contribution >= 0.6 is 0 Å². The van der Waals surface area contributed by atoms with E-state index < -0.39 is 0 Å². The summed E-state index contributed by atoms with van der Waals surface area (Å²) in [7, 11) is 0.